The minimum atomic E-state index is -1.01. The number of benzene rings is 2. The molecule has 1 heterocycles. The van der Waals surface area contributed by atoms with E-state index < -0.39 is 5.97 Å². The lowest BCUT2D eigenvalue weighted by atomic mass is 10.1. The number of hydrogen-bond donors (Lipinski definition) is 1. The van der Waals surface area contributed by atoms with Crippen LogP contribution in [-0.4, -0.2) is 22.7 Å². The number of hydrogen-bond acceptors (Lipinski definition) is 4. The maximum atomic E-state index is 11.0. The normalized spacial score (nSPS) is 13.1. The van der Waals surface area contributed by atoms with Gasteiger partial charge < -0.3 is 14.6 Å². The monoisotopic (exact) mass is 409 g/mol. The van der Waals surface area contributed by atoms with Crippen molar-refractivity contribution in [1.29, 1.82) is 0 Å². The molecule has 2 aromatic carbocycles. The molecule has 1 fully saturated rings. The van der Waals surface area contributed by atoms with Crippen LogP contribution in [0.1, 0.15) is 28.8 Å². The number of aromatic carboxylic acids is 1. The lowest BCUT2D eigenvalue weighted by molar-refractivity contribution is 0.0697. The van der Waals surface area contributed by atoms with Crippen LogP contribution in [0.4, 0.5) is 0 Å². The van der Waals surface area contributed by atoms with E-state index >= 15 is 0 Å². The van der Waals surface area contributed by atoms with Gasteiger partial charge in [-0.3, -0.25) is 0 Å². The maximum absolute atomic E-state index is 11.0. The predicted octanol–water partition coefficient (Wildman–Crippen LogP) is 5.47. The van der Waals surface area contributed by atoms with Gasteiger partial charge in [0, 0.05) is 28.4 Å². The SMILES string of the molecule is O=C(O)c1ccc(COc2cccc(-c3ccc(OCC4CC4)nc3)c2)c(Cl)c1. The molecule has 4 rings (SSSR count). The van der Waals surface area contributed by atoms with Gasteiger partial charge >= 0.3 is 5.97 Å². The van der Waals surface area contributed by atoms with Crippen molar-refractivity contribution < 1.29 is 19.4 Å². The summed E-state index contributed by atoms with van der Waals surface area (Å²) in [7, 11) is 0. The molecule has 0 atom stereocenters. The van der Waals surface area contributed by atoms with Crippen LogP contribution in [0.25, 0.3) is 11.1 Å². The fourth-order valence-electron chi connectivity index (χ4n) is 2.85. The molecule has 1 saturated carbocycles. The van der Waals surface area contributed by atoms with Crippen LogP contribution in [0.15, 0.2) is 60.8 Å². The molecule has 148 valence electrons. The number of carbonyl (C=O) groups is 1. The van der Waals surface area contributed by atoms with Gasteiger partial charge in [-0.1, -0.05) is 29.8 Å². The topological polar surface area (TPSA) is 68.7 Å². The zero-order chi connectivity index (χ0) is 20.2. The molecule has 0 spiro atoms. The number of ether oxygens (including phenoxy) is 2. The van der Waals surface area contributed by atoms with Crippen molar-refractivity contribution in [3.05, 3.63) is 76.9 Å². The van der Waals surface area contributed by atoms with Crippen LogP contribution in [0.3, 0.4) is 0 Å². The lowest BCUT2D eigenvalue weighted by Crippen LogP contribution is -2.00. The Morgan fingerprint density at radius 2 is 1.93 bits per heavy atom. The molecule has 29 heavy (non-hydrogen) atoms. The average molecular weight is 410 g/mol. The quantitative estimate of drug-likeness (QED) is 0.534. The van der Waals surface area contributed by atoms with Gasteiger partial charge in [0.2, 0.25) is 5.88 Å². The van der Waals surface area contributed by atoms with Crippen molar-refractivity contribution in [2.45, 2.75) is 19.4 Å². The Morgan fingerprint density at radius 1 is 1.07 bits per heavy atom. The summed E-state index contributed by atoms with van der Waals surface area (Å²) in [4.78, 5) is 15.4. The molecular formula is C23H20ClNO4. The molecule has 1 aliphatic carbocycles. The molecule has 0 amide bonds. The maximum Gasteiger partial charge on any atom is 0.335 e. The van der Waals surface area contributed by atoms with Crippen LogP contribution < -0.4 is 9.47 Å². The number of carboxylic acid groups (broad SMARTS) is 1. The largest absolute Gasteiger partial charge is 0.489 e. The van der Waals surface area contributed by atoms with E-state index in [1.54, 1.807) is 12.3 Å². The number of rotatable bonds is 8. The van der Waals surface area contributed by atoms with Crippen LogP contribution in [0.5, 0.6) is 11.6 Å². The first-order valence-corrected chi connectivity index (χ1v) is 9.80. The smallest absolute Gasteiger partial charge is 0.335 e. The highest BCUT2D eigenvalue weighted by Gasteiger charge is 2.22. The third-order valence-corrected chi connectivity index (χ3v) is 5.11. The van der Waals surface area contributed by atoms with Gasteiger partial charge in [-0.05, 0) is 54.7 Å². The van der Waals surface area contributed by atoms with Gasteiger partial charge in [-0.15, -0.1) is 0 Å². The standard InChI is InChI=1S/C23H20ClNO4/c24-21-11-17(23(26)27)6-7-19(21)14-28-20-3-1-2-16(10-20)18-8-9-22(25-12-18)29-13-15-4-5-15/h1-3,6-12,15H,4-5,13-14H2,(H,26,27). The van der Waals surface area contributed by atoms with Crippen LogP contribution in [0.2, 0.25) is 5.02 Å². The van der Waals surface area contributed by atoms with Crippen molar-refractivity contribution in [3.63, 3.8) is 0 Å². The van der Waals surface area contributed by atoms with Crippen LogP contribution in [0, 0.1) is 5.92 Å². The first kappa shape index (κ1) is 19.3. The van der Waals surface area contributed by atoms with E-state index in [2.05, 4.69) is 4.98 Å². The highest BCUT2D eigenvalue weighted by atomic mass is 35.5. The Bertz CT molecular complexity index is 1020. The molecule has 3 aromatic rings. The average Bonchev–Trinajstić information content (AvgIpc) is 3.56. The highest BCUT2D eigenvalue weighted by molar-refractivity contribution is 6.31. The molecule has 6 heteroatoms. The van der Waals surface area contributed by atoms with Crippen LogP contribution >= 0.6 is 11.6 Å². The van der Waals surface area contributed by atoms with E-state index in [1.165, 1.54) is 25.0 Å². The summed E-state index contributed by atoms with van der Waals surface area (Å²) in [5.74, 6) is 1.02. The van der Waals surface area contributed by atoms with Gasteiger partial charge in [0.25, 0.3) is 0 Å². The van der Waals surface area contributed by atoms with Crippen molar-refractivity contribution >= 4 is 17.6 Å². The molecule has 0 unspecified atom stereocenters. The van der Waals surface area contributed by atoms with Crippen molar-refractivity contribution in [1.82, 2.24) is 4.98 Å². The number of carboxylic acids is 1. The molecular weight excluding hydrogens is 390 g/mol. The second-order valence-electron chi connectivity index (χ2n) is 7.07. The van der Waals surface area contributed by atoms with Gasteiger partial charge in [-0.2, -0.15) is 0 Å². The summed E-state index contributed by atoms with van der Waals surface area (Å²) in [5, 5.41) is 9.39. The van der Waals surface area contributed by atoms with Gasteiger partial charge in [0.05, 0.1) is 12.2 Å². The zero-order valence-corrected chi connectivity index (χ0v) is 16.4. The molecule has 0 saturated heterocycles. The number of nitrogens with zero attached hydrogens (tertiary/aromatic N) is 1. The Morgan fingerprint density at radius 3 is 2.62 bits per heavy atom. The van der Waals surface area contributed by atoms with E-state index in [-0.39, 0.29) is 12.2 Å². The van der Waals surface area contributed by atoms with E-state index in [4.69, 9.17) is 26.2 Å². The molecule has 0 bridgehead atoms. The van der Waals surface area contributed by atoms with E-state index in [0.717, 1.165) is 23.3 Å². The Labute approximate surface area is 173 Å². The minimum absolute atomic E-state index is 0.151. The summed E-state index contributed by atoms with van der Waals surface area (Å²) in [5.41, 5.74) is 2.83. The summed E-state index contributed by atoms with van der Waals surface area (Å²) < 4.78 is 11.5. The van der Waals surface area contributed by atoms with Gasteiger partial charge in [-0.25, -0.2) is 9.78 Å². The molecule has 1 aromatic heterocycles. The Hall–Kier alpha value is -3.05. The molecule has 5 nitrogen and oxygen atoms in total. The number of pyridine rings is 1. The van der Waals surface area contributed by atoms with Gasteiger partial charge in [0.15, 0.2) is 0 Å². The van der Waals surface area contributed by atoms with E-state index in [0.29, 0.717) is 22.6 Å². The lowest BCUT2D eigenvalue weighted by Gasteiger charge is -2.10. The van der Waals surface area contributed by atoms with Crippen LogP contribution in [-0.2, 0) is 6.61 Å². The summed E-state index contributed by atoms with van der Waals surface area (Å²) in [6.45, 7) is 0.986. The fraction of sp³-hybridized carbons (Fsp3) is 0.217. The molecule has 0 radical (unpaired) electrons. The summed E-state index contributed by atoms with van der Waals surface area (Å²) in [6.07, 6.45) is 4.29. The third kappa shape index (κ3) is 5.06. The van der Waals surface area contributed by atoms with Crippen molar-refractivity contribution in [2.24, 2.45) is 5.92 Å². The first-order valence-electron chi connectivity index (χ1n) is 9.42. The predicted molar refractivity (Wildman–Crippen MR) is 111 cm³/mol. The second-order valence-corrected chi connectivity index (χ2v) is 7.47. The summed E-state index contributed by atoms with van der Waals surface area (Å²) >= 11 is 6.17. The highest BCUT2D eigenvalue weighted by Crippen LogP contribution is 2.30. The first-order chi connectivity index (χ1) is 14.1. The minimum Gasteiger partial charge on any atom is -0.489 e. The van der Waals surface area contributed by atoms with Gasteiger partial charge in [0.1, 0.15) is 12.4 Å². The van der Waals surface area contributed by atoms with Crippen molar-refractivity contribution in [2.75, 3.05) is 6.61 Å². The molecule has 0 aliphatic heterocycles. The fourth-order valence-corrected chi connectivity index (χ4v) is 3.08. The molecule has 1 N–H and O–H groups in total. The van der Waals surface area contributed by atoms with E-state index in [9.17, 15) is 4.79 Å². The number of halogens is 1. The second kappa shape index (κ2) is 8.53. The Kier molecular flexibility index (Phi) is 5.67. The zero-order valence-electron chi connectivity index (χ0n) is 15.7. The number of aromatic nitrogens is 1. The summed E-state index contributed by atoms with van der Waals surface area (Å²) in [6, 6.07) is 16.2. The Balaban J connectivity index is 1.41. The van der Waals surface area contributed by atoms with E-state index in [1.807, 2.05) is 36.4 Å². The molecule has 1 aliphatic rings. The third-order valence-electron chi connectivity index (χ3n) is 4.76. The van der Waals surface area contributed by atoms with Crippen molar-refractivity contribution in [3.8, 4) is 22.8 Å².